The zero-order valence-electron chi connectivity index (χ0n) is 15.8. The van der Waals surface area contributed by atoms with Crippen molar-refractivity contribution in [2.45, 2.75) is 6.42 Å². The lowest BCUT2D eigenvalue weighted by atomic mass is 10.1. The maximum atomic E-state index is 12.1. The van der Waals surface area contributed by atoms with Crippen LogP contribution in [0.3, 0.4) is 0 Å². The van der Waals surface area contributed by atoms with Crippen molar-refractivity contribution >= 4 is 28.5 Å². The number of anilines is 1. The number of rotatable bonds is 6. The molecule has 2 aromatic heterocycles. The Labute approximate surface area is 170 Å². The summed E-state index contributed by atoms with van der Waals surface area (Å²) in [4.78, 5) is 42.5. The van der Waals surface area contributed by atoms with Crippen molar-refractivity contribution in [3.05, 3.63) is 83.0 Å². The van der Waals surface area contributed by atoms with Gasteiger partial charge >= 0.3 is 0 Å². The van der Waals surface area contributed by atoms with Crippen molar-refractivity contribution in [1.29, 1.82) is 0 Å². The van der Waals surface area contributed by atoms with Gasteiger partial charge in [-0.05, 0) is 29.8 Å². The smallest absolute Gasteiger partial charge is 0.261 e. The number of carbonyl (C=O) groups is 2. The monoisotopic (exact) mass is 402 g/mol. The van der Waals surface area contributed by atoms with Crippen LogP contribution in [-0.4, -0.2) is 38.1 Å². The predicted octanol–water partition coefficient (Wildman–Crippen LogP) is 1.41. The number of aromatic amines is 1. The lowest BCUT2D eigenvalue weighted by Gasteiger charge is -2.08. The number of H-pyrrole nitrogens is 1. The van der Waals surface area contributed by atoms with Crippen molar-refractivity contribution < 1.29 is 9.59 Å². The van der Waals surface area contributed by atoms with E-state index < -0.39 is 0 Å². The van der Waals surface area contributed by atoms with Gasteiger partial charge in [0.05, 0.1) is 31.2 Å². The van der Waals surface area contributed by atoms with Gasteiger partial charge in [-0.1, -0.05) is 30.3 Å². The topological polar surface area (TPSA) is 122 Å². The normalized spacial score (nSPS) is 10.7. The third kappa shape index (κ3) is 4.25. The second-order valence-electron chi connectivity index (χ2n) is 6.56. The zero-order chi connectivity index (χ0) is 20.9. The summed E-state index contributed by atoms with van der Waals surface area (Å²) in [6, 6.07) is 16.2. The van der Waals surface area contributed by atoms with Crippen LogP contribution in [0.15, 0.2) is 71.9 Å². The highest BCUT2D eigenvalue weighted by molar-refractivity contribution is 5.94. The summed E-state index contributed by atoms with van der Waals surface area (Å²) in [5.74, 6) is -0.554. The van der Waals surface area contributed by atoms with Gasteiger partial charge < -0.3 is 15.6 Å². The predicted molar refractivity (Wildman–Crippen MR) is 111 cm³/mol. The molecule has 9 nitrogen and oxygen atoms in total. The van der Waals surface area contributed by atoms with Crippen LogP contribution in [0.1, 0.15) is 5.56 Å². The Morgan fingerprint density at radius 1 is 1.00 bits per heavy atom. The van der Waals surface area contributed by atoms with Crippen molar-refractivity contribution in [2.24, 2.45) is 0 Å². The average molecular weight is 402 g/mol. The van der Waals surface area contributed by atoms with E-state index in [1.807, 2.05) is 30.3 Å². The Morgan fingerprint density at radius 3 is 2.53 bits per heavy atom. The lowest BCUT2D eigenvalue weighted by Crippen LogP contribution is -2.33. The minimum absolute atomic E-state index is 0.121. The number of benzene rings is 2. The maximum absolute atomic E-state index is 12.1. The Kier molecular flexibility index (Phi) is 5.33. The van der Waals surface area contributed by atoms with Crippen LogP contribution >= 0.6 is 0 Å². The summed E-state index contributed by atoms with van der Waals surface area (Å²) in [6.45, 7) is -0.121. The highest BCUT2D eigenvalue weighted by atomic mass is 16.2. The first kappa shape index (κ1) is 19.1. The van der Waals surface area contributed by atoms with Gasteiger partial charge in [0.1, 0.15) is 5.39 Å². The van der Waals surface area contributed by atoms with Gasteiger partial charge in [-0.15, -0.1) is 0 Å². The summed E-state index contributed by atoms with van der Waals surface area (Å²) in [6.07, 6.45) is 3.00. The van der Waals surface area contributed by atoms with E-state index in [0.717, 1.165) is 5.56 Å². The minimum Gasteiger partial charge on any atom is -0.347 e. The summed E-state index contributed by atoms with van der Waals surface area (Å²) < 4.78 is 1.54. The molecule has 0 aliphatic carbocycles. The Hall–Kier alpha value is -4.27. The van der Waals surface area contributed by atoms with E-state index >= 15 is 0 Å². The molecule has 0 unspecified atom stereocenters. The SMILES string of the molecule is O=C(Cc1ccccc1)NCC(=O)Nc1ccc(-n2ncc3c(=O)[nH]cnc32)cc1. The van der Waals surface area contributed by atoms with Crippen LogP contribution in [0.4, 0.5) is 5.69 Å². The molecule has 2 heterocycles. The first-order valence-electron chi connectivity index (χ1n) is 9.22. The number of fused-ring (bicyclic) bond motifs is 1. The van der Waals surface area contributed by atoms with Gasteiger partial charge in [-0.25, -0.2) is 9.67 Å². The molecule has 0 aliphatic rings. The zero-order valence-corrected chi connectivity index (χ0v) is 15.8. The van der Waals surface area contributed by atoms with Crippen LogP contribution < -0.4 is 16.2 Å². The largest absolute Gasteiger partial charge is 0.347 e. The third-order valence-corrected chi connectivity index (χ3v) is 4.42. The van der Waals surface area contributed by atoms with E-state index in [-0.39, 0.29) is 30.3 Å². The number of nitrogens with zero attached hydrogens (tertiary/aromatic N) is 3. The van der Waals surface area contributed by atoms with Crippen molar-refractivity contribution in [1.82, 2.24) is 25.1 Å². The number of nitrogens with one attached hydrogen (secondary N) is 3. The number of carbonyl (C=O) groups excluding carboxylic acids is 2. The molecule has 2 aromatic carbocycles. The van der Waals surface area contributed by atoms with Crippen LogP contribution in [0.25, 0.3) is 16.7 Å². The standard InChI is InChI=1S/C21H18N6O3/c28-18(10-14-4-2-1-3-5-14)22-12-19(29)26-15-6-8-16(9-7-15)27-20-17(11-25-27)21(30)24-13-23-20/h1-9,11,13H,10,12H2,(H,22,28)(H,26,29)(H,23,24,30). The fraction of sp³-hybridized carbons (Fsp3) is 0.0952. The van der Waals surface area contributed by atoms with Gasteiger partial charge in [0.2, 0.25) is 11.8 Å². The molecule has 4 aromatic rings. The molecule has 0 aliphatic heterocycles. The van der Waals surface area contributed by atoms with Gasteiger partial charge in [-0.3, -0.25) is 14.4 Å². The fourth-order valence-electron chi connectivity index (χ4n) is 2.96. The van der Waals surface area contributed by atoms with Crippen molar-refractivity contribution in [3.63, 3.8) is 0 Å². The molecular formula is C21H18N6O3. The summed E-state index contributed by atoms with van der Waals surface area (Å²) in [5, 5.41) is 9.92. The molecule has 3 N–H and O–H groups in total. The van der Waals surface area contributed by atoms with Gasteiger partial charge in [-0.2, -0.15) is 5.10 Å². The fourth-order valence-corrected chi connectivity index (χ4v) is 2.96. The number of hydrogen-bond donors (Lipinski definition) is 3. The lowest BCUT2D eigenvalue weighted by molar-refractivity contribution is -0.123. The molecule has 0 saturated carbocycles. The van der Waals surface area contributed by atoms with Gasteiger partial charge in [0, 0.05) is 5.69 Å². The number of hydrogen-bond acceptors (Lipinski definition) is 5. The molecule has 150 valence electrons. The molecule has 0 atom stereocenters. The number of aromatic nitrogens is 4. The summed E-state index contributed by atoms with van der Waals surface area (Å²) >= 11 is 0. The second kappa shape index (κ2) is 8.39. The van der Waals surface area contributed by atoms with Crippen LogP contribution in [-0.2, 0) is 16.0 Å². The first-order valence-corrected chi connectivity index (χ1v) is 9.22. The highest BCUT2D eigenvalue weighted by Gasteiger charge is 2.10. The van der Waals surface area contributed by atoms with E-state index in [0.29, 0.717) is 22.4 Å². The first-order chi connectivity index (χ1) is 14.6. The molecule has 0 fully saturated rings. The van der Waals surface area contributed by atoms with Gasteiger partial charge in [0.25, 0.3) is 5.56 Å². The Morgan fingerprint density at radius 2 is 1.77 bits per heavy atom. The Bertz CT molecular complexity index is 1250. The molecule has 0 bridgehead atoms. The molecule has 0 saturated heterocycles. The minimum atomic E-state index is -0.332. The van der Waals surface area contributed by atoms with Gasteiger partial charge in [0.15, 0.2) is 5.65 Å². The third-order valence-electron chi connectivity index (χ3n) is 4.42. The van der Waals surface area contributed by atoms with Crippen LogP contribution in [0.5, 0.6) is 0 Å². The Balaban J connectivity index is 1.35. The molecule has 9 heteroatoms. The van der Waals surface area contributed by atoms with Crippen molar-refractivity contribution in [2.75, 3.05) is 11.9 Å². The molecule has 0 spiro atoms. The van der Waals surface area contributed by atoms with Crippen LogP contribution in [0.2, 0.25) is 0 Å². The maximum Gasteiger partial charge on any atom is 0.261 e. The van der Waals surface area contributed by atoms with E-state index in [2.05, 4.69) is 25.7 Å². The van der Waals surface area contributed by atoms with Crippen LogP contribution in [0, 0.1) is 0 Å². The second-order valence-corrected chi connectivity index (χ2v) is 6.56. The molecular weight excluding hydrogens is 384 g/mol. The average Bonchev–Trinajstić information content (AvgIpc) is 3.19. The van der Waals surface area contributed by atoms with Crippen molar-refractivity contribution in [3.8, 4) is 5.69 Å². The summed E-state index contributed by atoms with van der Waals surface area (Å²) in [5.41, 5.74) is 2.33. The van der Waals surface area contributed by atoms with E-state index in [1.54, 1.807) is 28.9 Å². The molecule has 2 amide bonds. The van der Waals surface area contributed by atoms with E-state index in [4.69, 9.17) is 0 Å². The quantitative estimate of drug-likeness (QED) is 0.450. The highest BCUT2D eigenvalue weighted by Crippen LogP contribution is 2.16. The van der Waals surface area contributed by atoms with E-state index in [9.17, 15) is 14.4 Å². The number of amides is 2. The molecule has 4 rings (SSSR count). The van der Waals surface area contributed by atoms with E-state index in [1.165, 1.54) is 12.5 Å². The molecule has 0 radical (unpaired) electrons. The molecule has 30 heavy (non-hydrogen) atoms. The summed E-state index contributed by atoms with van der Waals surface area (Å²) in [7, 11) is 0.